The Hall–Kier alpha value is -1.52. The van der Waals surface area contributed by atoms with Crippen LogP contribution < -0.4 is 5.32 Å². The summed E-state index contributed by atoms with van der Waals surface area (Å²) in [4.78, 5) is 21.4. The fraction of sp³-hybridized carbons (Fsp3) is 0.750. The summed E-state index contributed by atoms with van der Waals surface area (Å²) >= 11 is 0. The zero-order chi connectivity index (χ0) is 18.8. The molecule has 0 aromatic carbocycles. The molecule has 1 rings (SSSR count). The molecular weight excluding hydrogens is 334 g/mol. The summed E-state index contributed by atoms with van der Waals surface area (Å²) in [6.45, 7) is 6.99. The molecule has 0 saturated carbocycles. The maximum absolute atomic E-state index is 10.9. The zero-order valence-corrected chi connectivity index (χ0v) is 14.3. The number of ether oxygens (including phenoxy) is 3. The van der Waals surface area contributed by atoms with Crippen molar-refractivity contribution in [2.24, 2.45) is 5.92 Å². The maximum atomic E-state index is 10.9. The molecule has 0 spiro atoms. The fourth-order valence-electron chi connectivity index (χ4n) is 2.13. The minimum atomic E-state index is -1.52. The first-order valence-corrected chi connectivity index (χ1v) is 8.15. The smallest absolute Gasteiger partial charge is 0.335 e. The van der Waals surface area contributed by atoms with Gasteiger partial charge in [0.1, 0.15) is 12.4 Å². The van der Waals surface area contributed by atoms with E-state index in [1.807, 2.05) is 0 Å². The molecule has 1 aliphatic rings. The summed E-state index contributed by atoms with van der Waals surface area (Å²) in [6.07, 6.45) is -3.69. The number of hydrogen-bond acceptors (Lipinski definition) is 8. The van der Waals surface area contributed by atoms with E-state index in [1.165, 1.54) is 0 Å². The first kappa shape index (κ1) is 21.5. The van der Waals surface area contributed by atoms with Gasteiger partial charge in [0.05, 0.1) is 25.9 Å². The van der Waals surface area contributed by atoms with E-state index in [4.69, 9.17) is 19.3 Å². The standard InChI is InChI=1S/C16H27NO8/c1-10(9-18)8-17-11(2)3-4-23-5-6-24-13-7-12(19)14(20)15(25-13)16(21)22/h9-10,12-15,17,19-20H,2-8H2,1H3,(H,21,22)/t10-,12+,13?,14?,15?/m0/s1. The quantitative estimate of drug-likeness (QED) is 0.262. The fourth-order valence-corrected chi connectivity index (χ4v) is 2.13. The maximum Gasteiger partial charge on any atom is 0.335 e. The molecule has 144 valence electrons. The first-order valence-electron chi connectivity index (χ1n) is 8.15. The van der Waals surface area contributed by atoms with E-state index in [0.29, 0.717) is 19.6 Å². The van der Waals surface area contributed by atoms with Crippen LogP contribution in [0.25, 0.3) is 0 Å². The van der Waals surface area contributed by atoms with Gasteiger partial charge < -0.3 is 39.6 Å². The predicted octanol–water partition coefficient (Wildman–Crippen LogP) is -0.731. The van der Waals surface area contributed by atoms with E-state index in [2.05, 4.69) is 11.9 Å². The summed E-state index contributed by atoms with van der Waals surface area (Å²) < 4.78 is 15.8. The molecule has 3 unspecified atom stereocenters. The van der Waals surface area contributed by atoms with Crippen molar-refractivity contribution in [2.75, 3.05) is 26.4 Å². The third-order valence-electron chi connectivity index (χ3n) is 3.67. The molecule has 0 amide bonds. The normalized spacial score (nSPS) is 27.5. The van der Waals surface area contributed by atoms with E-state index in [0.717, 1.165) is 12.0 Å². The third-order valence-corrected chi connectivity index (χ3v) is 3.67. The van der Waals surface area contributed by atoms with Crippen LogP contribution in [0.1, 0.15) is 19.8 Å². The highest BCUT2D eigenvalue weighted by atomic mass is 16.7. The van der Waals surface area contributed by atoms with E-state index < -0.39 is 30.6 Å². The number of aliphatic hydroxyl groups is 2. The van der Waals surface area contributed by atoms with Gasteiger partial charge in [-0.1, -0.05) is 13.5 Å². The number of aliphatic hydroxyl groups excluding tert-OH is 2. The SMILES string of the molecule is C=C(CCOCCOC1C[C@@H](O)C(O)C(C(=O)O)O1)NC[C@H](C)C=O. The van der Waals surface area contributed by atoms with Gasteiger partial charge in [0, 0.05) is 31.0 Å². The van der Waals surface area contributed by atoms with Gasteiger partial charge in [-0.05, 0) is 0 Å². The molecule has 4 N–H and O–H groups in total. The van der Waals surface area contributed by atoms with Crippen LogP contribution in [0.15, 0.2) is 12.3 Å². The number of aldehydes is 1. The highest BCUT2D eigenvalue weighted by Gasteiger charge is 2.41. The number of carbonyl (C=O) groups is 2. The Morgan fingerprint density at radius 1 is 1.40 bits per heavy atom. The number of carboxylic acid groups (broad SMARTS) is 1. The number of rotatable bonds is 12. The molecule has 1 saturated heterocycles. The van der Waals surface area contributed by atoms with E-state index in [9.17, 15) is 19.8 Å². The summed E-state index contributed by atoms with van der Waals surface area (Å²) in [5.41, 5.74) is 0.770. The average molecular weight is 361 g/mol. The van der Waals surface area contributed by atoms with Gasteiger partial charge in [0.15, 0.2) is 12.4 Å². The van der Waals surface area contributed by atoms with Crippen molar-refractivity contribution in [3.05, 3.63) is 12.3 Å². The van der Waals surface area contributed by atoms with Crippen LogP contribution in [0.3, 0.4) is 0 Å². The van der Waals surface area contributed by atoms with Crippen LogP contribution in [0.5, 0.6) is 0 Å². The average Bonchev–Trinajstić information content (AvgIpc) is 2.58. The van der Waals surface area contributed by atoms with Crippen molar-refractivity contribution in [3.8, 4) is 0 Å². The van der Waals surface area contributed by atoms with Crippen LogP contribution in [0.2, 0.25) is 0 Å². The Labute approximate surface area is 146 Å². The lowest BCUT2D eigenvalue weighted by atomic mass is 10.0. The number of carboxylic acids is 1. The lowest BCUT2D eigenvalue weighted by Gasteiger charge is -2.34. The van der Waals surface area contributed by atoms with Crippen LogP contribution in [-0.2, 0) is 23.8 Å². The molecule has 0 radical (unpaired) electrons. The highest BCUT2D eigenvalue weighted by Crippen LogP contribution is 2.21. The first-order chi connectivity index (χ1) is 11.8. The van der Waals surface area contributed by atoms with Crippen molar-refractivity contribution in [2.45, 2.75) is 44.4 Å². The molecule has 1 aliphatic heterocycles. The van der Waals surface area contributed by atoms with Crippen LogP contribution >= 0.6 is 0 Å². The summed E-state index contributed by atoms with van der Waals surface area (Å²) in [6, 6.07) is 0. The molecule has 25 heavy (non-hydrogen) atoms. The molecule has 0 aliphatic carbocycles. The second-order valence-corrected chi connectivity index (χ2v) is 5.95. The Bertz CT molecular complexity index is 444. The van der Waals surface area contributed by atoms with Gasteiger partial charge in [-0.15, -0.1) is 0 Å². The zero-order valence-electron chi connectivity index (χ0n) is 14.3. The Balaban J connectivity index is 2.12. The molecule has 0 bridgehead atoms. The molecule has 9 heteroatoms. The monoisotopic (exact) mass is 361 g/mol. The van der Waals surface area contributed by atoms with Crippen LogP contribution in [0, 0.1) is 5.92 Å². The van der Waals surface area contributed by atoms with Crippen molar-refractivity contribution in [3.63, 3.8) is 0 Å². The van der Waals surface area contributed by atoms with Gasteiger partial charge in [0.2, 0.25) is 0 Å². The minimum Gasteiger partial charge on any atom is -0.479 e. The summed E-state index contributed by atoms with van der Waals surface area (Å²) in [5, 5.41) is 31.1. The van der Waals surface area contributed by atoms with Gasteiger partial charge in [0.25, 0.3) is 0 Å². The van der Waals surface area contributed by atoms with Crippen molar-refractivity contribution >= 4 is 12.3 Å². The second kappa shape index (κ2) is 11.2. The summed E-state index contributed by atoms with van der Waals surface area (Å²) in [7, 11) is 0. The molecule has 0 aromatic rings. The number of hydrogen-bond donors (Lipinski definition) is 4. The van der Waals surface area contributed by atoms with Gasteiger partial charge in [-0.3, -0.25) is 0 Å². The third kappa shape index (κ3) is 7.93. The number of aliphatic carboxylic acids is 1. The molecule has 1 fully saturated rings. The van der Waals surface area contributed by atoms with Gasteiger partial charge in [-0.2, -0.15) is 0 Å². The molecule has 1 heterocycles. The molecule has 5 atom stereocenters. The second-order valence-electron chi connectivity index (χ2n) is 5.95. The van der Waals surface area contributed by atoms with Gasteiger partial charge >= 0.3 is 5.97 Å². The van der Waals surface area contributed by atoms with Crippen molar-refractivity contribution < 1.29 is 39.1 Å². The lowest BCUT2D eigenvalue weighted by Crippen LogP contribution is -2.52. The minimum absolute atomic E-state index is 0.0133. The van der Waals surface area contributed by atoms with E-state index in [1.54, 1.807) is 6.92 Å². The van der Waals surface area contributed by atoms with Crippen LogP contribution in [-0.4, -0.2) is 78.5 Å². The predicted molar refractivity (Wildman–Crippen MR) is 86.7 cm³/mol. The number of nitrogens with one attached hydrogen (secondary N) is 1. The summed E-state index contributed by atoms with van der Waals surface area (Å²) in [5.74, 6) is -1.43. The molecule has 0 aromatic heterocycles. The van der Waals surface area contributed by atoms with E-state index >= 15 is 0 Å². The Morgan fingerprint density at radius 2 is 2.12 bits per heavy atom. The van der Waals surface area contributed by atoms with E-state index in [-0.39, 0.29) is 25.6 Å². The Kier molecular flexibility index (Phi) is 9.61. The molecular formula is C16H27NO8. The van der Waals surface area contributed by atoms with Crippen LogP contribution in [0.4, 0.5) is 0 Å². The van der Waals surface area contributed by atoms with Crippen molar-refractivity contribution in [1.82, 2.24) is 5.32 Å². The lowest BCUT2D eigenvalue weighted by molar-refractivity contribution is -0.253. The molecule has 9 nitrogen and oxygen atoms in total. The Morgan fingerprint density at radius 3 is 2.76 bits per heavy atom. The highest BCUT2D eigenvalue weighted by molar-refractivity contribution is 5.73. The topological polar surface area (TPSA) is 135 Å². The largest absolute Gasteiger partial charge is 0.479 e. The van der Waals surface area contributed by atoms with Crippen molar-refractivity contribution in [1.29, 1.82) is 0 Å². The number of carbonyl (C=O) groups excluding carboxylic acids is 1. The van der Waals surface area contributed by atoms with Gasteiger partial charge in [-0.25, -0.2) is 4.79 Å².